The predicted octanol–water partition coefficient (Wildman–Crippen LogP) is -0.531. The van der Waals surface area contributed by atoms with Crippen molar-refractivity contribution in [1.82, 2.24) is 15.0 Å². The maximum absolute atomic E-state index is 12.8. The summed E-state index contributed by atoms with van der Waals surface area (Å²) < 4.78 is 38.5. The molecule has 0 aliphatic heterocycles. The minimum atomic E-state index is -3.74. The molecule has 0 aromatic carbocycles. The van der Waals surface area contributed by atoms with E-state index < -0.39 is 21.9 Å². The van der Waals surface area contributed by atoms with Crippen molar-refractivity contribution in [3.63, 3.8) is 0 Å². The number of aliphatic hydroxyl groups is 1. The molecule has 1 unspecified atom stereocenters. The maximum atomic E-state index is 12.8. The zero-order chi connectivity index (χ0) is 13.6. The fourth-order valence-corrected chi connectivity index (χ4v) is 2.21. The summed E-state index contributed by atoms with van der Waals surface area (Å²) in [5.41, 5.74) is 0. The molecule has 0 aliphatic rings. The molecular weight excluding hydrogens is 261 g/mol. The van der Waals surface area contributed by atoms with Crippen molar-refractivity contribution in [2.45, 2.75) is 17.9 Å². The summed E-state index contributed by atoms with van der Waals surface area (Å²) in [7, 11) is -3.74. The van der Waals surface area contributed by atoms with Crippen LogP contribution in [0.4, 0.5) is 4.39 Å². The van der Waals surface area contributed by atoms with E-state index in [4.69, 9.17) is 5.11 Å². The quantitative estimate of drug-likeness (QED) is 0.583. The van der Waals surface area contributed by atoms with Gasteiger partial charge in [0.05, 0.1) is 12.3 Å². The van der Waals surface area contributed by atoms with Crippen LogP contribution in [0.3, 0.4) is 0 Å². The molecule has 1 aromatic heterocycles. The highest BCUT2D eigenvalue weighted by Crippen LogP contribution is 2.07. The van der Waals surface area contributed by atoms with Crippen LogP contribution in [0.5, 0.6) is 0 Å². The molecule has 0 saturated heterocycles. The third-order valence-electron chi connectivity index (χ3n) is 2.02. The molecule has 0 radical (unpaired) electrons. The molecule has 1 heterocycles. The van der Waals surface area contributed by atoms with Gasteiger partial charge < -0.3 is 10.4 Å². The summed E-state index contributed by atoms with van der Waals surface area (Å²) in [5.74, 6) is -0.704. The van der Waals surface area contributed by atoms with E-state index in [1.807, 2.05) is 0 Å². The molecule has 8 heteroatoms. The lowest BCUT2D eigenvalue weighted by atomic mass is 10.4. The lowest BCUT2D eigenvalue weighted by Crippen LogP contribution is -2.34. The molecular formula is C10H16FN3O3S. The average Bonchev–Trinajstić information content (AvgIpc) is 2.28. The number of hydrogen-bond donors (Lipinski definition) is 3. The summed E-state index contributed by atoms with van der Waals surface area (Å²) >= 11 is 0. The Labute approximate surface area is 105 Å². The molecule has 0 saturated carbocycles. The number of nitrogens with zero attached hydrogens (tertiary/aromatic N) is 1. The third kappa shape index (κ3) is 5.05. The van der Waals surface area contributed by atoms with Crippen molar-refractivity contribution in [3.8, 4) is 0 Å². The van der Waals surface area contributed by atoms with Crippen molar-refractivity contribution in [3.05, 3.63) is 24.3 Å². The first-order valence-corrected chi connectivity index (χ1v) is 6.89. The second kappa shape index (κ2) is 6.74. The molecule has 102 valence electrons. The summed E-state index contributed by atoms with van der Waals surface area (Å²) in [6.07, 6.45) is 1.52. The molecule has 0 bridgehead atoms. The van der Waals surface area contributed by atoms with Gasteiger partial charge in [-0.05, 0) is 13.0 Å². The van der Waals surface area contributed by atoms with Crippen LogP contribution in [-0.4, -0.2) is 44.2 Å². The standard InChI is InChI=1S/C10H16FN3O3S/c1-8(15)5-12-2-3-14-18(16,17)10-4-9(11)6-13-7-10/h4,6-8,12,14-15H,2-3,5H2,1H3. The van der Waals surface area contributed by atoms with Gasteiger partial charge in [-0.15, -0.1) is 0 Å². The van der Waals surface area contributed by atoms with Gasteiger partial charge in [-0.2, -0.15) is 0 Å². The van der Waals surface area contributed by atoms with E-state index in [9.17, 15) is 12.8 Å². The second-order valence-electron chi connectivity index (χ2n) is 3.79. The van der Waals surface area contributed by atoms with E-state index in [1.165, 1.54) is 0 Å². The van der Waals surface area contributed by atoms with Crippen LogP contribution in [0.2, 0.25) is 0 Å². The maximum Gasteiger partial charge on any atom is 0.242 e. The molecule has 0 spiro atoms. The number of nitrogens with one attached hydrogen (secondary N) is 2. The zero-order valence-electron chi connectivity index (χ0n) is 9.93. The van der Waals surface area contributed by atoms with Gasteiger partial charge in [-0.25, -0.2) is 17.5 Å². The summed E-state index contributed by atoms with van der Waals surface area (Å²) in [6, 6.07) is 0.901. The van der Waals surface area contributed by atoms with Gasteiger partial charge in [0.1, 0.15) is 10.7 Å². The zero-order valence-corrected chi connectivity index (χ0v) is 10.7. The highest BCUT2D eigenvalue weighted by Gasteiger charge is 2.14. The van der Waals surface area contributed by atoms with Crippen LogP contribution >= 0.6 is 0 Å². The Hall–Kier alpha value is -1.09. The molecule has 3 N–H and O–H groups in total. The minimum absolute atomic E-state index is 0.144. The first kappa shape index (κ1) is 15.0. The molecule has 1 rings (SSSR count). The first-order valence-electron chi connectivity index (χ1n) is 5.41. The van der Waals surface area contributed by atoms with Crippen LogP contribution in [0.1, 0.15) is 6.92 Å². The normalized spacial score (nSPS) is 13.5. The van der Waals surface area contributed by atoms with E-state index in [0.717, 1.165) is 18.5 Å². The first-order chi connectivity index (χ1) is 8.42. The molecule has 1 atom stereocenters. The van der Waals surface area contributed by atoms with Crippen LogP contribution in [0.25, 0.3) is 0 Å². The van der Waals surface area contributed by atoms with E-state index in [-0.39, 0.29) is 11.4 Å². The Kier molecular flexibility index (Phi) is 5.60. The second-order valence-corrected chi connectivity index (χ2v) is 5.56. The van der Waals surface area contributed by atoms with Crippen LogP contribution in [0.15, 0.2) is 23.4 Å². The Morgan fingerprint density at radius 3 is 2.78 bits per heavy atom. The molecule has 6 nitrogen and oxygen atoms in total. The number of aliphatic hydroxyl groups excluding tert-OH is 1. The molecule has 18 heavy (non-hydrogen) atoms. The van der Waals surface area contributed by atoms with Gasteiger partial charge in [-0.1, -0.05) is 0 Å². The minimum Gasteiger partial charge on any atom is -0.392 e. The van der Waals surface area contributed by atoms with E-state index in [0.29, 0.717) is 13.1 Å². The van der Waals surface area contributed by atoms with Crippen LogP contribution in [0, 0.1) is 5.82 Å². The largest absolute Gasteiger partial charge is 0.392 e. The van der Waals surface area contributed by atoms with Gasteiger partial charge in [0.15, 0.2) is 0 Å². The average molecular weight is 277 g/mol. The van der Waals surface area contributed by atoms with E-state index in [2.05, 4.69) is 15.0 Å². The van der Waals surface area contributed by atoms with Crippen molar-refractivity contribution in [2.24, 2.45) is 0 Å². The van der Waals surface area contributed by atoms with Crippen LogP contribution < -0.4 is 10.0 Å². The third-order valence-corrected chi connectivity index (χ3v) is 3.45. The molecule has 1 aromatic rings. The highest BCUT2D eigenvalue weighted by atomic mass is 32.2. The summed E-state index contributed by atoms with van der Waals surface area (Å²) in [5, 5.41) is 11.8. The van der Waals surface area contributed by atoms with Gasteiger partial charge in [0.25, 0.3) is 0 Å². The smallest absolute Gasteiger partial charge is 0.242 e. The van der Waals surface area contributed by atoms with Crippen molar-refractivity contribution in [1.29, 1.82) is 0 Å². The number of halogens is 1. The van der Waals surface area contributed by atoms with Gasteiger partial charge in [0, 0.05) is 25.8 Å². The lowest BCUT2D eigenvalue weighted by molar-refractivity contribution is 0.192. The monoisotopic (exact) mass is 277 g/mol. The van der Waals surface area contributed by atoms with Crippen molar-refractivity contribution >= 4 is 10.0 Å². The summed E-state index contributed by atoms with van der Waals surface area (Å²) in [4.78, 5) is 3.27. The van der Waals surface area contributed by atoms with E-state index in [1.54, 1.807) is 6.92 Å². The van der Waals surface area contributed by atoms with Crippen LogP contribution in [-0.2, 0) is 10.0 Å². The highest BCUT2D eigenvalue weighted by molar-refractivity contribution is 7.89. The van der Waals surface area contributed by atoms with Crippen molar-refractivity contribution in [2.75, 3.05) is 19.6 Å². The van der Waals surface area contributed by atoms with Crippen molar-refractivity contribution < 1.29 is 17.9 Å². The molecule has 0 amide bonds. The van der Waals surface area contributed by atoms with Gasteiger partial charge in [-0.3, -0.25) is 4.98 Å². The Bertz CT molecular complexity index is 479. The number of pyridine rings is 1. The predicted molar refractivity (Wildman–Crippen MR) is 63.9 cm³/mol. The fourth-order valence-electron chi connectivity index (χ4n) is 1.21. The summed E-state index contributed by atoms with van der Waals surface area (Å²) in [6.45, 7) is 2.51. The topological polar surface area (TPSA) is 91.3 Å². The molecule has 0 fully saturated rings. The fraction of sp³-hybridized carbons (Fsp3) is 0.500. The lowest BCUT2D eigenvalue weighted by Gasteiger charge is -2.08. The SMILES string of the molecule is CC(O)CNCCNS(=O)(=O)c1cncc(F)c1. The Balaban J connectivity index is 2.46. The van der Waals surface area contributed by atoms with Gasteiger partial charge >= 0.3 is 0 Å². The molecule has 0 aliphatic carbocycles. The number of aromatic nitrogens is 1. The number of sulfonamides is 1. The van der Waals surface area contributed by atoms with Gasteiger partial charge in [0.2, 0.25) is 10.0 Å². The number of hydrogen-bond acceptors (Lipinski definition) is 5. The van der Waals surface area contributed by atoms with E-state index >= 15 is 0 Å². The Morgan fingerprint density at radius 1 is 1.44 bits per heavy atom. The Morgan fingerprint density at radius 2 is 2.17 bits per heavy atom. The number of rotatable bonds is 7.